The fourth-order valence-corrected chi connectivity index (χ4v) is 2.44. The quantitative estimate of drug-likeness (QED) is 0.291. The first kappa shape index (κ1) is 19.6. The molecule has 0 spiro atoms. The van der Waals surface area contributed by atoms with Gasteiger partial charge in [0.05, 0.1) is 24.5 Å². The Bertz CT molecular complexity index is 1050. The summed E-state index contributed by atoms with van der Waals surface area (Å²) in [5, 5.41) is 13.5. The van der Waals surface area contributed by atoms with Crippen LogP contribution >= 0.6 is 0 Å². The monoisotopic (exact) mass is 390 g/mol. The van der Waals surface area contributed by atoms with E-state index in [-0.39, 0.29) is 11.3 Å². The number of carbonyl (C=O) groups excluding carboxylic acids is 2. The van der Waals surface area contributed by atoms with Gasteiger partial charge < -0.3 is 14.6 Å². The number of nitrogens with zero attached hydrogens (tertiary/aromatic N) is 1. The molecule has 0 radical (unpaired) electrons. The molecule has 0 aliphatic heterocycles. The summed E-state index contributed by atoms with van der Waals surface area (Å²) in [6, 6.07) is 19.4. The lowest BCUT2D eigenvalue weighted by atomic mass is 10.2. The van der Waals surface area contributed by atoms with Gasteiger partial charge in [-0.05, 0) is 54.1 Å². The van der Waals surface area contributed by atoms with Crippen LogP contribution < -0.4 is 14.9 Å². The summed E-state index contributed by atoms with van der Waals surface area (Å²) in [7, 11) is 1.55. The standard InChI is InChI=1S/C22H18N2O5/c1-28-17-11-9-16(10-12-17)22(27)29-18-6-4-5-15(13-18)14-23-24-21(26)19-7-2-3-8-20(19)25/h2-14,25H,1H3,(H,24,26). The first-order chi connectivity index (χ1) is 14.1. The normalized spacial score (nSPS) is 10.5. The van der Waals surface area contributed by atoms with Gasteiger partial charge in [0.15, 0.2) is 0 Å². The largest absolute Gasteiger partial charge is 0.507 e. The van der Waals surface area contributed by atoms with Gasteiger partial charge in [0, 0.05) is 0 Å². The van der Waals surface area contributed by atoms with E-state index in [4.69, 9.17) is 9.47 Å². The number of carbonyl (C=O) groups is 2. The van der Waals surface area contributed by atoms with Crippen molar-refractivity contribution in [2.45, 2.75) is 0 Å². The van der Waals surface area contributed by atoms with Gasteiger partial charge in [-0.3, -0.25) is 4.79 Å². The summed E-state index contributed by atoms with van der Waals surface area (Å²) < 4.78 is 10.4. The van der Waals surface area contributed by atoms with Crippen LogP contribution in [0.2, 0.25) is 0 Å². The van der Waals surface area contributed by atoms with Crippen molar-refractivity contribution in [3.8, 4) is 17.2 Å². The third-order valence-corrected chi connectivity index (χ3v) is 3.92. The number of hydrazone groups is 1. The molecule has 3 aromatic carbocycles. The minimum absolute atomic E-state index is 0.117. The fraction of sp³-hybridized carbons (Fsp3) is 0.0455. The Labute approximate surface area is 167 Å². The lowest BCUT2D eigenvalue weighted by Gasteiger charge is -2.06. The highest BCUT2D eigenvalue weighted by Crippen LogP contribution is 2.17. The second-order valence-electron chi connectivity index (χ2n) is 5.91. The van der Waals surface area contributed by atoms with Crippen molar-refractivity contribution in [2.24, 2.45) is 5.10 Å². The number of hydrogen-bond donors (Lipinski definition) is 2. The molecule has 1 amide bonds. The van der Waals surface area contributed by atoms with Gasteiger partial charge >= 0.3 is 5.97 Å². The average Bonchev–Trinajstić information content (AvgIpc) is 2.74. The molecule has 0 atom stereocenters. The molecular formula is C22H18N2O5. The van der Waals surface area contributed by atoms with Crippen molar-refractivity contribution in [1.29, 1.82) is 0 Å². The summed E-state index contributed by atoms with van der Waals surface area (Å²) >= 11 is 0. The molecule has 2 N–H and O–H groups in total. The molecule has 7 nitrogen and oxygen atoms in total. The first-order valence-electron chi connectivity index (χ1n) is 8.64. The number of esters is 1. The number of aromatic hydroxyl groups is 1. The number of amides is 1. The van der Waals surface area contributed by atoms with Gasteiger partial charge in [0.2, 0.25) is 0 Å². The molecule has 29 heavy (non-hydrogen) atoms. The maximum absolute atomic E-state index is 12.2. The molecule has 3 rings (SSSR count). The van der Waals surface area contributed by atoms with E-state index in [0.717, 1.165) is 0 Å². The highest BCUT2D eigenvalue weighted by Gasteiger charge is 2.10. The van der Waals surface area contributed by atoms with Crippen LogP contribution in [0, 0.1) is 0 Å². The smallest absolute Gasteiger partial charge is 0.343 e. The SMILES string of the molecule is COc1ccc(C(=O)Oc2cccc(C=NNC(=O)c3ccccc3O)c2)cc1. The van der Waals surface area contributed by atoms with Gasteiger partial charge in [-0.15, -0.1) is 0 Å². The summed E-state index contributed by atoms with van der Waals surface area (Å²) in [4.78, 5) is 24.2. The van der Waals surface area contributed by atoms with Crippen molar-refractivity contribution < 1.29 is 24.2 Å². The Hall–Kier alpha value is -4.13. The molecule has 0 aromatic heterocycles. The van der Waals surface area contributed by atoms with Crippen LogP contribution in [0.5, 0.6) is 17.2 Å². The van der Waals surface area contributed by atoms with Gasteiger partial charge in [-0.2, -0.15) is 5.10 Å². The summed E-state index contributed by atoms with van der Waals surface area (Å²) in [5.74, 6) is -0.198. The molecule has 0 unspecified atom stereocenters. The van der Waals surface area contributed by atoms with Crippen molar-refractivity contribution in [2.75, 3.05) is 7.11 Å². The van der Waals surface area contributed by atoms with E-state index in [0.29, 0.717) is 22.6 Å². The molecule has 0 bridgehead atoms. The maximum Gasteiger partial charge on any atom is 0.343 e. The van der Waals surface area contributed by atoms with Crippen LogP contribution in [0.15, 0.2) is 77.9 Å². The zero-order valence-corrected chi connectivity index (χ0v) is 15.5. The van der Waals surface area contributed by atoms with E-state index in [1.807, 2.05) is 0 Å². The van der Waals surface area contributed by atoms with E-state index < -0.39 is 11.9 Å². The van der Waals surface area contributed by atoms with Crippen molar-refractivity contribution in [1.82, 2.24) is 5.43 Å². The van der Waals surface area contributed by atoms with Gasteiger partial charge in [-0.25, -0.2) is 10.2 Å². The van der Waals surface area contributed by atoms with Crippen LogP contribution in [0.3, 0.4) is 0 Å². The van der Waals surface area contributed by atoms with Gasteiger partial charge in [-0.1, -0.05) is 24.3 Å². The van der Waals surface area contributed by atoms with Crippen molar-refractivity contribution in [3.05, 3.63) is 89.5 Å². The Morgan fingerprint density at radius 3 is 2.45 bits per heavy atom. The topological polar surface area (TPSA) is 97.2 Å². The maximum atomic E-state index is 12.2. The number of phenols is 1. The predicted molar refractivity (Wildman–Crippen MR) is 108 cm³/mol. The molecule has 0 heterocycles. The lowest BCUT2D eigenvalue weighted by Crippen LogP contribution is -2.17. The summed E-state index contributed by atoms with van der Waals surface area (Å²) in [5.41, 5.74) is 3.46. The second-order valence-corrected chi connectivity index (χ2v) is 5.91. The molecule has 0 fully saturated rings. The minimum Gasteiger partial charge on any atom is -0.507 e. The number of methoxy groups -OCH3 is 1. The number of ether oxygens (including phenoxy) is 2. The average molecular weight is 390 g/mol. The molecule has 7 heteroatoms. The van der Waals surface area contributed by atoms with Crippen LogP contribution in [-0.2, 0) is 0 Å². The highest BCUT2D eigenvalue weighted by molar-refractivity contribution is 5.97. The van der Waals surface area contributed by atoms with Crippen LogP contribution in [0.25, 0.3) is 0 Å². The second kappa shape index (κ2) is 9.18. The first-order valence-corrected chi connectivity index (χ1v) is 8.64. The Morgan fingerprint density at radius 1 is 0.966 bits per heavy atom. The number of hydrogen-bond acceptors (Lipinski definition) is 6. The van der Waals surface area contributed by atoms with Crippen molar-refractivity contribution >= 4 is 18.1 Å². The third kappa shape index (κ3) is 5.20. The van der Waals surface area contributed by atoms with Gasteiger partial charge in [0.1, 0.15) is 17.2 Å². The number of rotatable bonds is 6. The Kier molecular flexibility index (Phi) is 6.22. The minimum atomic E-state index is -0.540. The zero-order chi connectivity index (χ0) is 20.6. The molecular weight excluding hydrogens is 372 g/mol. The molecule has 0 saturated heterocycles. The lowest BCUT2D eigenvalue weighted by molar-refractivity contribution is 0.0734. The molecule has 3 aromatic rings. The van der Waals surface area contributed by atoms with E-state index in [1.165, 1.54) is 18.3 Å². The fourth-order valence-electron chi connectivity index (χ4n) is 2.44. The molecule has 0 aliphatic carbocycles. The Morgan fingerprint density at radius 2 is 1.72 bits per heavy atom. The van der Waals surface area contributed by atoms with Crippen LogP contribution in [-0.4, -0.2) is 30.3 Å². The zero-order valence-electron chi connectivity index (χ0n) is 15.5. The summed E-state index contributed by atoms with van der Waals surface area (Å²) in [6.45, 7) is 0. The highest BCUT2D eigenvalue weighted by atomic mass is 16.5. The van der Waals surface area contributed by atoms with Gasteiger partial charge in [0.25, 0.3) is 5.91 Å². The molecule has 146 valence electrons. The van der Waals surface area contributed by atoms with Crippen molar-refractivity contribution in [3.63, 3.8) is 0 Å². The number of benzene rings is 3. The predicted octanol–water partition coefficient (Wildman–Crippen LogP) is 3.38. The summed E-state index contributed by atoms with van der Waals surface area (Å²) in [6.07, 6.45) is 1.41. The third-order valence-electron chi connectivity index (χ3n) is 3.92. The Balaban J connectivity index is 1.63. The number of phenolic OH excluding ortho intramolecular Hbond substituents is 1. The van der Waals surface area contributed by atoms with E-state index >= 15 is 0 Å². The van der Waals surface area contributed by atoms with E-state index in [9.17, 15) is 14.7 Å². The van der Waals surface area contributed by atoms with Crippen LogP contribution in [0.4, 0.5) is 0 Å². The number of nitrogens with one attached hydrogen (secondary N) is 1. The van der Waals surface area contributed by atoms with E-state index in [1.54, 1.807) is 67.8 Å². The number of para-hydroxylation sites is 1. The van der Waals surface area contributed by atoms with E-state index in [2.05, 4.69) is 10.5 Å². The molecule has 0 saturated carbocycles. The molecule has 0 aliphatic rings. The van der Waals surface area contributed by atoms with Crippen LogP contribution in [0.1, 0.15) is 26.3 Å².